The zero-order chi connectivity index (χ0) is 8.55. The van der Waals surface area contributed by atoms with Crippen LogP contribution in [0.1, 0.15) is 34.5 Å². The van der Waals surface area contributed by atoms with Crippen LogP contribution in [0.25, 0.3) is 0 Å². The molecule has 2 heteroatoms. The van der Waals surface area contributed by atoms with Crippen molar-refractivity contribution in [2.75, 3.05) is 0 Å². The number of fused-ring (bicyclic) bond motifs is 1. The van der Waals surface area contributed by atoms with Crippen molar-refractivity contribution in [3.05, 3.63) is 29.1 Å². The molecule has 0 bridgehead atoms. The molecule has 0 aliphatic heterocycles. The van der Waals surface area contributed by atoms with Crippen LogP contribution in [0.15, 0.2) is 12.3 Å². The molecule has 1 aromatic heterocycles. The highest BCUT2D eigenvalue weighted by Crippen LogP contribution is 2.34. The molecule has 0 N–H and O–H groups in total. The molecule has 0 radical (unpaired) electrons. The van der Waals surface area contributed by atoms with E-state index in [4.69, 9.17) is 0 Å². The van der Waals surface area contributed by atoms with Crippen molar-refractivity contribution in [2.24, 2.45) is 0 Å². The van der Waals surface area contributed by atoms with Crippen LogP contribution in [0, 0.1) is 6.92 Å². The maximum atomic E-state index is 4.45. The van der Waals surface area contributed by atoms with Crippen molar-refractivity contribution in [1.29, 1.82) is 0 Å². The van der Waals surface area contributed by atoms with Gasteiger partial charge in [0.2, 0.25) is 0 Å². The van der Waals surface area contributed by atoms with Crippen LogP contribution in [0.5, 0.6) is 0 Å². The molecular formula is C10H12BrN. The van der Waals surface area contributed by atoms with Crippen LogP contribution in [0.2, 0.25) is 0 Å². The normalized spacial score (nSPS) is 22.0. The van der Waals surface area contributed by atoms with E-state index in [1.807, 2.05) is 6.20 Å². The van der Waals surface area contributed by atoms with Crippen molar-refractivity contribution in [1.82, 2.24) is 4.98 Å². The fourth-order valence-electron chi connectivity index (χ4n) is 1.73. The van der Waals surface area contributed by atoms with Gasteiger partial charge in [-0.25, -0.2) is 0 Å². The topological polar surface area (TPSA) is 12.9 Å². The van der Waals surface area contributed by atoms with E-state index in [1.165, 1.54) is 36.1 Å². The third-order valence-electron chi connectivity index (χ3n) is 2.34. The van der Waals surface area contributed by atoms with Crippen LogP contribution < -0.4 is 0 Å². The average molecular weight is 226 g/mol. The molecule has 0 amide bonds. The predicted octanol–water partition coefficient (Wildman–Crippen LogP) is 3.16. The number of hydrogen-bond acceptors (Lipinski definition) is 1. The van der Waals surface area contributed by atoms with Gasteiger partial charge in [0, 0.05) is 6.20 Å². The van der Waals surface area contributed by atoms with Gasteiger partial charge < -0.3 is 0 Å². The third kappa shape index (κ3) is 1.40. The fourth-order valence-corrected chi connectivity index (χ4v) is 2.47. The lowest BCUT2D eigenvalue weighted by Gasteiger charge is -2.19. The Labute approximate surface area is 81.3 Å². The summed E-state index contributed by atoms with van der Waals surface area (Å²) in [4.78, 5) is 4.94. The number of alkyl halides is 1. The molecule has 1 aliphatic carbocycles. The van der Waals surface area contributed by atoms with Gasteiger partial charge in [-0.15, -0.1) is 0 Å². The van der Waals surface area contributed by atoms with Crippen molar-refractivity contribution < 1.29 is 0 Å². The molecule has 0 fully saturated rings. The van der Waals surface area contributed by atoms with Crippen LogP contribution in [0.3, 0.4) is 0 Å². The molecule has 1 aliphatic rings. The molecule has 1 nitrogen and oxygen atoms in total. The van der Waals surface area contributed by atoms with Crippen molar-refractivity contribution >= 4 is 15.9 Å². The number of rotatable bonds is 0. The fraction of sp³-hybridized carbons (Fsp3) is 0.500. The highest BCUT2D eigenvalue weighted by Gasteiger charge is 2.18. The van der Waals surface area contributed by atoms with E-state index in [9.17, 15) is 0 Å². The van der Waals surface area contributed by atoms with Gasteiger partial charge in [0.15, 0.2) is 0 Å². The molecule has 1 aromatic rings. The predicted molar refractivity (Wildman–Crippen MR) is 53.6 cm³/mol. The Morgan fingerprint density at radius 1 is 1.58 bits per heavy atom. The molecule has 1 unspecified atom stereocenters. The molecule has 0 spiro atoms. The zero-order valence-corrected chi connectivity index (χ0v) is 8.76. The van der Waals surface area contributed by atoms with E-state index in [2.05, 4.69) is 33.9 Å². The van der Waals surface area contributed by atoms with Crippen molar-refractivity contribution in [3.8, 4) is 0 Å². The Kier molecular flexibility index (Phi) is 2.18. The van der Waals surface area contributed by atoms with Gasteiger partial charge in [-0.2, -0.15) is 0 Å². The van der Waals surface area contributed by atoms with Crippen LogP contribution in [0.4, 0.5) is 0 Å². The summed E-state index contributed by atoms with van der Waals surface area (Å²) >= 11 is 3.65. The minimum atomic E-state index is 0.488. The Hall–Kier alpha value is -0.370. The summed E-state index contributed by atoms with van der Waals surface area (Å²) in [6, 6.07) is 2.26. The molecule has 64 valence electrons. The molecule has 0 saturated carbocycles. The smallest absolute Gasteiger partial charge is 0.0572 e. The standard InChI is InChI=1S/C10H12BrN/c1-7-5-8-3-2-4-9(11)10(8)12-6-7/h5-6,9H,2-4H2,1H3. The number of hydrogen-bond donors (Lipinski definition) is 0. The van der Waals surface area contributed by atoms with Crippen molar-refractivity contribution in [2.45, 2.75) is 31.0 Å². The molecule has 0 saturated heterocycles. The SMILES string of the molecule is Cc1cnc2c(c1)CCCC2Br. The molecule has 12 heavy (non-hydrogen) atoms. The van der Waals surface area contributed by atoms with Gasteiger partial charge in [-0.05, 0) is 37.3 Å². The van der Waals surface area contributed by atoms with Crippen LogP contribution in [-0.2, 0) is 6.42 Å². The zero-order valence-electron chi connectivity index (χ0n) is 7.18. The second-order valence-electron chi connectivity index (χ2n) is 3.42. The number of nitrogens with zero attached hydrogens (tertiary/aromatic N) is 1. The first-order chi connectivity index (χ1) is 5.77. The quantitative estimate of drug-likeness (QED) is 0.619. The maximum absolute atomic E-state index is 4.45. The summed E-state index contributed by atoms with van der Waals surface area (Å²) in [7, 11) is 0. The average Bonchev–Trinajstić information content (AvgIpc) is 2.04. The number of pyridine rings is 1. The van der Waals surface area contributed by atoms with Gasteiger partial charge in [-0.3, -0.25) is 4.98 Å². The lowest BCUT2D eigenvalue weighted by atomic mass is 9.95. The maximum Gasteiger partial charge on any atom is 0.0572 e. The van der Waals surface area contributed by atoms with E-state index in [1.54, 1.807) is 0 Å². The number of halogens is 1. The monoisotopic (exact) mass is 225 g/mol. The highest BCUT2D eigenvalue weighted by atomic mass is 79.9. The number of aromatic nitrogens is 1. The van der Waals surface area contributed by atoms with Gasteiger partial charge in [-0.1, -0.05) is 22.0 Å². The highest BCUT2D eigenvalue weighted by molar-refractivity contribution is 9.09. The van der Waals surface area contributed by atoms with Crippen LogP contribution >= 0.6 is 15.9 Å². The van der Waals surface area contributed by atoms with Gasteiger partial charge >= 0.3 is 0 Å². The van der Waals surface area contributed by atoms with Crippen LogP contribution in [-0.4, -0.2) is 4.98 Å². The first-order valence-corrected chi connectivity index (χ1v) is 5.28. The Morgan fingerprint density at radius 3 is 3.25 bits per heavy atom. The third-order valence-corrected chi connectivity index (χ3v) is 3.23. The van der Waals surface area contributed by atoms with E-state index in [0.29, 0.717) is 4.83 Å². The first-order valence-electron chi connectivity index (χ1n) is 4.37. The summed E-state index contributed by atoms with van der Waals surface area (Å²) in [5, 5.41) is 0. The summed E-state index contributed by atoms with van der Waals surface area (Å²) < 4.78 is 0. The molecule has 0 aromatic carbocycles. The first kappa shape index (κ1) is 8.24. The molecular weight excluding hydrogens is 214 g/mol. The molecule has 1 heterocycles. The largest absolute Gasteiger partial charge is 0.260 e. The Bertz CT molecular complexity index is 296. The van der Waals surface area contributed by atoms with E-state index in [0.717, 1.165) is 0 Å². The van der Waals surface area contributed by atoms with E-state index >= 15 is 0 Å². The summed E-state index contributed by atoms with van der Waals surface area (Å²) in [6.45, 7) is 2.10. The summed E-state index contributed by atoms with van der Waals surface area (Å²) in [6.07, 6.45) is 5.67. The molecule has 1 atom stereocenters. The second-order valence-corrected chi connectivity index (χ2v) is 4.52. The minimum Gasteiger partial charge on any atom is -0.260 e. The second kappa shape index (κ2) is 3.17. The van der Waals surface area contributed by atoms with Gasteiger partial charge in [0.1, 0.15) is 0 Å². The van der Waals surface area contributed by atoms with E-state index in [-0.39, 0.29) is 0 Å². The van der Waals surface area contributed by atoms with Gasteiger partial charge in [0.25, 0.3) is 0 Å². The number of aryl methyl sites for hydroxylation is 2. The summed E-state index contributed by atoms with van der Waals surface area (Å²) in [5.41, 5.74) is 3.96. The Morgan fingerprint density at radius 2 is 2.42 bits per heavy atom. The van der Waals surface area contributed by atoms with Crippen molar-refractivity contribution in [3.63, 3.8) is 0 Å². The Balaban J connectivity index is 2.46. The lowest BCUT2D eigenvalue weighted by Crippen LogP contribution is -2.07. The summed E-state index contributed by atoms with van der Waals surface area (Å²) in [5.74, 6) is 0. The minimum absolute atomic E-state index is 0.488. The van der Waals surface area contributed by atoms with E-state index < -0.39 is 0 Å². The van der Waals surface area contributed by atoms with Gasteiger partial charge in [0.05, 0.1) is 10.5 Å². The molecule has 2 rings (SSSR count). The lowest BCUT2D eigenvalue weighted by molar-refractivity contribution is 0.662.